The lowest BCUT2D eigenvalue weighted by Crippen LogP contribution is -2.51. The van der Waals surface area contributed by atoms with Crippen LogP contribution in [0.25, 0.3) is 0 Å². The Hall–Kier alpha value is -2.21. The van der Waals surface area contributed by atoms with Crippen LogP contribution in [0.2, 0.25) is 16.6 Å². The number of carbonyl (C=O) groups excluding carboxylic acids is 2. The van der Waals surface area contributed by atoms with Crippen molar-refractivity contribution < 1.29 is 14.3 Å². The predicted molar refractivity (Wildman–Crippen MR) is 110 cm³/mol. The number of hydrogen-bond acceptors (Lipinski definition) is 4. The second-order valence-corrected chi connectivity index (χ2v) is 13.7. The number of methoxy groups -OCH3 is 1. The van der Waals surface area contributed by atoms with Gasteiger partial charge in [0.1, 0.15) is 0 Å². The van der Waals surface area contributed by atoms with Gasteiger partial charge < -0.3 is 8.97 Å². The van der Waals surface area contributed by atoms with E-state index >= 15 is 0 Å². The van der Waals surface area contributed by atoms with Gasteiger partial charge in [0.2, 0.25) is 0 Å². The number of rotatable bonds is 7. The SMILES string of the molecule is COC(=O)c1cnccc1C(=O)c1ccn([Si](C(C)C)(C(C)C)C(C)C)c1. The third kappa shape index (κ3) is 3.63. The van der Waals surface area contributed by atoms with Crippen LogP contribution in [0.5, 0.6) is 0 Å². The average Bonchev–Trinajstić information content (AvgIpc) is 3.10. The highest BCUT2D eigenvalue weighted by atomic mass is 28.3. The topological polar surface area (TPSA) is 61.2 Å². The molecule has 0 N–H and O–H groups in total. The molecule has 2 heterocycles. The lowest BCUT2D eigenvalue weighted by molar-refractivity contribution is 0.0597. The number of hydrogen-bond donors (Lipinski definition) is 0. The van der Waals surface area contributed by atoms with Gasteiger partial charge in [-0.05, 0) is 35.0 Å². The quantitative estimate of drug-likeness (QED) is 0.385. The second-order valence-electron chi connectivity index (χ2n) is 7.90. The molecule has 2 aromatic heterocycles. The Morgan fingerprint density at radius 1 is 1.00 bits per heavy atom. The normalized spacial score (nSPS) is 12.1. The molecule has 0 fully saturated rings. The standard InChI is InChI=1S/C21H30N2O3Si/c1-14(2)27(15(3)4,16(5)6)23-11-9-17(13-23)20(24)18-8-10-22-12-19(18)21(25)26-7/h8-16H,1-7H3. The molecule has 2 aromatic rings. The first-order valence-electron chi connectivity index (χ1n) is 9.43. The van der Waals surface area contributed by atoms with Crippen LogP contribution in [0.1, 0.15) is 67.8 Å². The van der Waals surface area contributed by atoms with E-state index in [1.807, 2.05) is 18.5 Å². The molecule has 0 radical (unpaired) electrons. The molecule has 5 nitrogen and oxygen atoms in total. The minimum Gasteiger partial charge on any atom is -0.465 e. The fourth-order valence-corrected chi connectivity index (χ4v) is 11.2. The molecule has 0 saturated heterocycles. The van der Waals surface area contributed by atoms with Gasteiger partial charge in [-0.3, -0.25) is 9.78 Å². The molecule has 0 spiro atoms. The summed E-state index contributed by atoms with van der Waals surface area (Å²) >= 11 is 0. The van der Waals surface area contributed by atoms with E-state index in [1.54, 1.807) is 6.07 Å². The van der Waals surface area contributed by atoms with Crippen LogP contribution in [-0.2, 0) is 4.74 Å². The maximum Gasteiger partial charge on any atom is 0.340 e. The van der Waals surface area contributed by atoms with E-state index < -0.39 is 14.2 Å². The van der Waals surface area contributed by atoms with Crippen molar-refractivity contribution in [3.8, 4) is 0 Å². The maximum absolute atomic E-state index is 13.1. The number of aromatic nitrogens is 2. The van der Waals surface area contributed by atoms with Crippen LogP contribution in [-0.4, -0.2) is 36.3 Å². The summed E-state index contributed by atoms with van der Waals surface area (Å²) in [5.41, 5.74) is 2.68. The first-order chi connectivity index (χ1) is 12.7. The predicted octanol–water partition coefficient (Wildman–Crippen LogP) is 4.92. The number of carbonyl (C=O) groups is 2. The van der Waals surface area contributed by atoms with Crippen molar-refractivity contribution in [2.75, 3.05) is 7.11 Å². The minimum atomic E-state index is -1.91. The zero-order valence-electron chi connectivity index (χ0n) is 17.3. The highest BCUT2D eigenvalue weighted by Gasteiger charge is 2.45. The number of esters is 1. The lowest BCUT2D eigenvalue weighted by Gasteiger charge is -2.44. The van der Waals surface area contributed by atoms with Gasteiger partial charge in [-0.2, -0.15) is 0 Å². The summed E-state index contributed by atoms with van der Waals surface area (Å²) in [5, 5.41) is 0. The van der Waals surface area contributed by atoms with Crippen LogP contribution >= 0.6 is 0 Å². The zero-order valence-corrected chi connectivity index (χ0v) is 18.3. The Labute approximate surface area is 162 Å². The summed E-state index contributed by atoms with van der Waals surface area (Å²) in [5.74, 6) is -0.739. The molecule has 0 bridgehead atoms. The Kier molecular flexibility index (Phi) is 6.41. The van der Waals surface area contributed by atoms with Crippen LogP contribution < -0.4 is 0 Å². The van der Waals surface area contributed by atoms with Crippen molar-refractivity contribution in [1.29, 1.82) is 0 Å². The summed E-state index contributed by atoms with van der Waals surface area (Å²) in [6, 6.07) is 3.43. The summed E-state index contributed by atoms with van der Waals surface area (Å²) in [6.45, 7) is 13.7. The lowest BCUT2D eigenvalue weighted by atomic mass is 10.0. The van der Waals surface area contributed by atoms with Crippen LogP contribution in [0.3, 0.4) is 0 Å². The molecule has 2 rings (SSSR count). The van der Waals surface area contributed by atoms with E-state index in [0.717, 1.165) is 0 Å². The molecule has 0 aliphatic heterocycles. The number of nitrogens with zero attached hydrogens (tertiary/aromatic N) is 2. The first kappa shape index (κ1) is 21.1. The molecule has 0 aliphatic carbocycles. The van der Waals surface area contributed by atoms with Gasteiger partial charge in [0.05, 0.1) is 12.7 Å². The number of pyridine rings is 1. The molecule has 0 aromatic carbocycles. The molecule has 27 heavy (non-hydrogen) atoms. The molecule has 0 aliphatic rings. The van der Waals surface area contributed by atoms with Crippen molar-refractivity contribution in [2.45, 2.75) is 58.2 Å². The fraction of sp³-hybridized carbons (Fsp3) is 0.476. The summed E-state index contributed by atoms with van der Waals surface area (Å²) in [4.78, 5) is 29.0. The summed E-state index contributed by atoms with van der Waals surface area (Å²) < 4.78 is 7.11. The molecular formula is C21H30N2O3Si. The molecule has 0 unspecified atom stereocenters. The highest BCUT2D eigenvalue weighted by molar-refractivity contribution is 6.82. The Morgan fingerprint density at radius 2 is 1.59 bits per heavy atom. The van der Waals surface area contributed by atoms with Crippen molar-refractivity contribution in [3.05, 3.63) is 53.6 Å². The zero-order chi connectivity index (χ0) is 20.4. The largest absolute Gasteiger partial charge is 0.465 e. The van der Waals surface area contributed by atoms with Gasteiger partial charge in [-0.15, -0.1) is 0 Å². The van der Waals surface area contributed by atoms with Crippen molar-refractivity contribution >= 4 is 20.0 Å². The van der Waals surface area contributed by atoms with E-state index in [-0.39, 0.29) is 11.3 Å². The first-order valence-corrected chi connectivity index (χ1v) is 11.6. The Morgan fingerprint density at radius 3 is 2.11 bits per heavy atom. The van der Waals surface area contributed by atoms with E-state index in [4.69, 9.17) is 4.74 Å². The molecule has 146 valence electrons. The molecular weight excluding hydrogens is 356 g/mol. The van der Waals surface area contributed by atoms with Crippen molar-refractivity contribution in [1.82, 2.24) is 9.22 Å². The highest BCUT2D eigenvalue weighted by Crippen LogP contribution is 2.42. The van der Waals surface area contributed by atoms with E-state index in [2.05, 4.69) is 50.8 Å². The monoisotopic (exact) mass is 386 g/mol. The van der Waals surface area contributed by atoms with Crippen LogP contribution in [0, 0.1) is 0 Å². The van der Waals surface area contributed by atoms with Gasteiger partial charge in [0, 0.05) is 29.7 Å². The third-order valence-electron chi connectivity index (χ3n) is 5.65. The number of ether oxygens (including phenoxy) is 1. The van der Waals surface area contributed by atoms with Gasteiger partial charge in [0.25, 0.3) is 0 Å². The van der Waals surface area contributed by atoms with E-state index in [9.17, 15) is 9.59 Å². The maximum atomic E-state index is 13.1. The smallest absolute Gasteiger partial charge is 0.340 e. The molecule has 0 amide bonds. The van der Waals surface area contributed by atoms with Crippen LogP contribution in [0.15, 0.2) is 36.9 Å². The summed E-state index contributed by atoms with van der Waals surface area (Å²) in [6.07, 6.45) is 6.91. The van der Waals surface area contributed by atoms with Crippen LogP contribution in [0.4, 0.5) is 0 Å². The third-order valence-corrected chi connectivity index (χ3v) is 12.4. The average molecular weight is 387 g/mol. The Bertz CT molecular complexity index is 803. The minimum absolute atomic E-state index is 0.185. The van der Waals surface area contributed by atoms with Crippen molar-refractivity contribution in [3.63, 3.8) is 0 Å². The van der Waals surface area contributed by atoms with E-state index in [0.29, 0.717) is 27.8 Å². The van der Waals surface area contributed by atoms with E-state index in [1.165, 1.54) is 19.5 Å². The number of ketones is 1. The van der Waals surface area contributed by atoms with Crippen molar-refractivity contribution in [2.24, 2.45) is 0 Å². The fourth-order valence-electron chi connectivity index (χ4n) is 4.69. The summed E-state index contributed by atoms with van der Waals surface area (Å²) in [7, 11) is -0.612. The molecule has 0 saturated carbocycles. The van der Waals surface area contributed by atoms with Gasteiger partial charge in [-0.25, -0.2) is 4.79 Å². The van der Waals surface area contributed by atoms with Gasteiger partial charge >= 0.3 is 5.97 Å². The second kappa shape index (κ2) is 8.21. The van der Waals surface area contributed by atoms with Gasteiger partial charge in [0.15, 0.2) is 14.0 Å². The molecule has 6 heteroatoms. The molecule has 0 atom stereocenters. The Balaban J connectivity index is 2.52. The van der Waals surface area contributed by atoms with Gasteiger partial charge in [-0.1, -0.05) is 41.5 Å².